The lowest BCUT2D eigenvalue weighted by molar-refractivity contribution is -0.137. The van der Waals surface area contributed by atoms with Crippen LogP contribution >= 0.6 is 11.6 Å². The Hall–Kier alpha value is -3.29. The van der Waals surface area contributed by atoms with Crippen LogP contribution in [0.25, 0.3) is 0 Å². The standard InChI is InChI=1S/C30H38ClN3O4/c1-30(2,3)34(21-26-10-7-16-32(26)20-23-9-6-11-27(19-23)38-5)28(35)22-33(17-8-18-37-4)29(36)24-12-14-25(31)15-13-24/h6-7,9-16,19H,8,17-18,20-22H2,1-5H3. The first-order chi connectivity index (χ1) is 18.1. The van der Waals surface area contributed by atoms with E-state index in [1.807, 2.05) is 62.2 Å². The lowest BCUT2D eigenvalue weighted by Crippen LogP contribution is -2.50. The van der Waals surface area contributed by atoms with Gasteiger partial charge in [-0.05, 0) is 81.3 Å². The van der Waals surface area contributed by atoms with Crippen molar-refractivity contribution in [1.29, 1.82) is 0 Å². The molecule has 0 unspecified atom stereocenters. The van der Waals surface area contributed by atoms with E-state index in [0.29, 0.717) is 43.2 Å². The molecule has 0 bridgehead atoms. The van der Waals surface area contributed by atoms with E-state index in [1.165, 1.54) is 0 Å². The monoisotopic (exact) mass is 539 g/mol. The van der Waals surface area contributed by atoms with Crippen molar-refractivity contribution in [2.45, 2.75) is 45.8 Å². The highest BCUT2D eigenvalue weighted by molar-refractivity contribution is 6.30. The van der Waals surface area contributed by atoms with Crippen LogP contribution in [0.2, 0.25) is 5.02 Å². The SMILES string of the molecule is COCCCN(CC(=O)N(Cc1cccn1Cc1cccc(OC)c1)C(C)(C)C)C(=O)c1ccc(Cl)cc1. The number of rotatable bonds is 12. The number of hydrogen-bond acceptors (Lipinski definition) is 4. The molecule has 0 N–H and O–H groups in total. The van der Waals surface area contributed by atoms with E-state index in [2.05, 4.69) is 10.6 Å². The number of carbonyl (C=O) groups excluding carboxylic acids is 2. The molecule has 1 aromatic heterocycles. The summed E-state index contributed by atoms with van der Waals surface area (Å²) >= 11 is 6.01. The van der Waals surface area contributed by atoms with Crippen LogP contribution in [0.1, 0.15) is 48.8 Å². The number of amides is 2. The second-order valence-corrected chi connectivity index (χ2v) is 10.6. The molecule has 3 aromatic rings. The molecule has 0 aliphatic heterocycles. The van der Waals surface area contributed by atoms with E-state index in [1.54, 1.807) is 43.4 Å². The van der Waals surface area contributed by atoms with Crippen LogP contribution < -0.4 is 4.74 Å². The Morgan fingerprint density at radius 2 is 1.74 bits per heavy atom. The van der Waals surface area contributed by atoms with Gasteiger partial charge in [0.1, 0.15) is 12.3 Å². The number of nitrogens with zero attached hydrogens (tertiary/aromatic N) is 3. The average molecular weight is 540 g/mol. The van der Waals surface area contributed by atoms with E-state index in [9.17, 15) is 9.59 Å². The highest BCUT2D eigenvalue weighted by atomic mass is 35.5. The Balaban J connectivity index is 1.80. The molecule has 2 aromatic carbocycles. The number of aromatic nitrogens is 1. The van der Waals surface area contributed by atoms with Gasteiger partial charge in [-0.1, -0.05) is 23.7 Å². The van der Waals surface area contributed by atoms with Gasteiger partial charge in [0.05, 0.1) is 13.7 Å². The molecule has 0 radical (unpaired) electrons. The van der Waals surface area contributed by atoms with Gasteiger partial charge in [-0.2, -0.15) is 0 Å². The van der Waals surface area contributed by atoms with Crippen LogP contribution in [0, 0.1) is 0 Å². The van der Waals surface area contributed by atoms with Crippen molar-refractivity contribution in [1.82, 2.24) is 14.4 Å². The summed E-state index contributed by atoms with van der Waals surface area (Å²) in [5.41, 5.74) is 2.15. The van der Waals surface area contributed by atoms with Crippen molar-refractivity contribution < 1.29 is 19.1 Å². The zero-order chi connectivity index (χ0) is 27.7. The summed E-state index contributed by atoms with van der Waals surface area (Å²) in [6, 6.07) is 18.7. The molecule has 38 heavy (non-hydrogen) atoms. The van der Waals surface area contributed by atoms with Crippen molar-refractivity contribution in [3.63, 3.8) is 0 Å². The fourth-order valence-electron chi connectivity index (χ4n) is 4.25. The van der Waals surface area contributed by atoms with Gasteiger partial charge >= 0.3 is 0 Å². The van der Waals surface area contributed by atoms with E-state index in [4.69, 9.17) is 21.1 Å². The number of ether oxygens (including phenoxy) is 2. The van der Waals surface area contributed by atoms with E-state index < -0.39 is 5.54 Å². The fourth-order valence-corrected chi connectivity index (χ4v) is 4.38. The summed E-state index contributed by atoms with van der Waals surface area (Å²) < 4.78 is 12.7. The van der Waals surface area contributed by atoms with Gasteiger partial charge in [-0.3, -0.25) is 9.59 Å². The minimum atomic E-state index is -0.455. The molecule has 0 aliphatic carbocycles. The Labute approximate surface area is 230 Å². The number of carbonyl (C=O) groups is 2. The number of methoxy groups -OCH3 is 2. The summed E-state index contributed by atoms with van der Waals surface area (Å²) in [4.78, 5) is 30.5. The van der Waals surface area contributed by atoms with Crippen LogP contribution in [0.4, 0.5) is 0 Å². The Morgan fingerprint density at radius 3 is 2.39 bits per heavy atom. The predicted octanol–water partition coefficient (Wildman–Crippen LogP) is 5.50. The summed E-state index contributed by atoms with van der Waals surface area (Å²) in [6.07, 6.45) is 2.64. The maximum absolute atomic E-state index is 13.8. The van der Waals surface area contributed by atoms with Crippen molar-refractivity contribution in [2.24, 2.45) is 0 Å². The maximum atomic E-state index is 13.8. The molecule has 2 amide bonds. The van der Waals surface area contributed by atoms with Crippen LogP contribution in [-0.4, -0.2) is 65.6 Å². The minimum absolute atomic E-state index is 0.0287. The van der Waals surface area contributed by atoms with E-state index in [-0.39, 0.29) is 18.4 Å². The molecule has 0 fully saturated rings. The molecule has 0 atom stereocenters. The summed E-state index contributed by atoms with van der Waals surface area (Å²) in [7, 11) is 3.28. The first-order valence-corrected chi connectivity index (χ1v) is 13.1. The molecule has 0 spiro atoms. The van der Waals surface area contributed by atoms with Gasteiger partial charge < -0.3 is 23.8 Å². The average Bonchev–Trinajstić information content (AvgIpc) is 3.32. The Morgan fingerprint density at radius 1 is 1.00 bits per heavy atom. The van der Waals surface area contributed by atoms with Gasteiger partial charge in [-0.25, -0.2) is 0 Å². The topological polar surface area (TPSA) is 64.0 Å². The fraction of sp³-hybridized carbons (Fsp3) is 0.400. The molecular weight excluding hydrogens is 502 g/mol. The predicted molar refractivity (Wildman–Crippen MR) is 151 cm³/mol. The molecule has 3 rings (SSSR count). The largest absolute Gasteiger partial charge is 0.497 e. The molecule has 0 saturated heterocycles. The van der Waals surface area contributed by atoms with Crippen LogP contribution in [0.15, 0.2) is 66.9 Å². The number of hydrogen-bond donors (Lipinski definition) is 0. The van der Waals surface area contributed by atoms with Crippen molar-refractivity contribution in [3.05, 3.63) is 88.7 Å². The normalized spacial score (nSPS) is 11.3. The minimum Gasteiger partial charge on any atom is -0.497 e. The second kappa shape index (κ2) is 13.5. The maximum Gasteiger partial charge on any atom is 0.254 e. The molecule has 0 aliphatic rings. The van der Waals surface area contributed by atoms with Crippen molar-refractivity contribution >= 4 is 23.4 Å². The smallest absolute Gasteiger partial charge is 0.254 e. The van der Waals surface area contributed by atoms with Gasteiger partial charge in [0.2, 0.25) is 5.91 Å². The van der Waals surface area contributed by atoms with Gasteiger partial charge in [0, 0.05) is 54.8 Å². The second-order valence-electron chi connectivity index (χ2n) is 10.2. The summed E-state index contributed by atoms with van der Waals surface area (Å²) in [5, 5.41) is 0.555. The lowest BCUT2D eigenvalue weighted by Gasteiger charge is -2.37. The highest BCUT2D eigenvalue weighted by Crippen LogP contribution is 2.21. The van der Waals surface area contributed by atoms with Crippen molar-refractivity contribution in [2.75, 3.05) is 33.9 Å². The van der Waals surface area contributed by atoms with Crippen LogP contribution in [0.5, 0.6) is 5.75 Å². The van der Waals surface area contributed by atoms with Crippen LogP contribution in [-0.2, 0) is 22.6 Å². The third-order valence-corrected chi connectivity index (χ3v) is 6.57. The molecule has 7 nitrogen and oxygen atoms in total. The Bertz CT molecular complexity index is 1200. The lowest BCUT2D eigenvalue weighted by atomic mass is 10.0. The quantitative estimate of drug-likeness (QED) is 0.285. The summed E-state index contributed by atoms with van der Waals surface area (Å²) in [6.45, 7) is 7.98. The van der Waals surface area contributed by atoms with Crippen LogP contribution in [0.3, 0.4) is 0 Å². The first-order valence-electron chi connectivity index (χ1n) is 12.7. The zero-order valence-electron chi connectivity index (χ0n) is 22.9. The molecule has 204 valence electrons. The Kier molecular flexibility index (Phi) is 10.4. The van der Waals surface area contributed by atoms with Gasteiger partial charge in [0.25, 0.3) is 5.91 Å². The van der Waals surface area contributed by atoms with E-state index >= 15 is 0 Å². The summed E-state index contributed by atoms with van der Waals surface area (Å²) in [5.74, 6) is 0.481. The third kappa shape index (κ3) is 8.10. The number of benzene rings is 2. The highest BCUT2D eigenvalue weighted by Gasteiger charge is 2.30. The van der Waals surface area contributed by atoms with Gasteiger partial charge in [-0.15, -0.1) is 0 Å². The number of halogens is 1. The molecule has 0 saturated carbocycles. The zero-order valence-corrected chi connectivity index (χ0v) is 23.7. The molecular formula is C30H38ClN3O4. The van der Waals surface area contributed by atoms with E-state index in [0.717, 1.165) is 17.0 Å². The van der Waals surface area contributed by atoms with Crippen molar-refractivity contribution in [3.8, 4) is 5.75 Å². The third-order valence-electron chi connectivity index (χ3n) is 6.32. The first kappa shape index (κ1) is 29.3. The van der Waals surface area contributed by atoms with Gasteiger partial charge in [0.15, 0.2) is 0 Å². The molecule has 1 heterocycles. The molecule has 8 heteroatoms.